The highest BCUT2D eigenvalue weighted by Crippen LogP contribution is 2.19. The number of benzene rings is 1. The van der Waals surface area contributed by atoms with E-state index in [0.29, 0.717) is 6.61 Å². The highest BCUT2D eigenvalue weighted by atomic mass is 16.5. The molecular weight excluding hydrogens is 162 g/mol. The standard InChI is InChI=1S/C11H13NO/c1-8-3-4-10-9(7-13-2)6-12-11(10)5-8/h3-6,12H,7H2,1-2H3. The summed E-state index contributed by atoms with van der Waals surface area (Å²) in [6.07, 6.45) is 2.01. The maximum atomic E-state index is 5.10. The molecule has 0 amide bonds. The molecule has 13 heavy (non-hydrogen) atoms. The van der Waals surface area contributed by atoms with Crippen molar-refractivity contribution in [2.75, 3.05) is 7.11 Å². The number of aryl methyl sites for hydroxylation is 1. The number of methoxy groups -OCH3 is 1. The molecule has 1 aromatic heterocycles. The lowest BCUT2D eigenvalue weighted by atomic mass is 10.1. The summed E-state index contributed by atoms with van der Waals surface area (Å²) in [5.41, 5.74) is 3.68. The smallest absolute Gasteiger partial charge is 0.0733 e. The first-order valence-corrected chi connectivity index (χ1v) is 4.37. The molecule has 2 rings (SSSR count). The van der Waals surface area contributed by atoms with Crippen molar-refractivity contribution in [3.8, 4) is 0 Å². The summed E-state index contributed by atoms with van der Waals surface area (Å²) in [6.45, 7) is 2.76. The van der Waals surface area contributed by atoms with Crippen molar-refractivity contribution in [3.63, 3.8) is 0 Å². The third-order valence-electron chi connectivity index (χ3n) is 2.22. The van der Waals surface area contributed by atoms with Crippen LogP contribution in [-0.2, 0) is 11.3 Å². The molecule has 0 fully saturated rings. The summed E-state index contributed by atoms with van der Waals surface area (Å²) in [6, 6.07) is 6.40. The Morgan fingerprint density at radius 3 is 3.00 bits per heavy atom. The number of ether oxygens (including phenoxy) is 1. The van der Waals surface area contributed by atoms with Crippen molar-refractivity contribution in [3.05, 3.63) is 35.5 Å². The molecule has 0 radical (unpaired) electrons. The molecule has 0 saturated heterocycles. The van der Waals surface area contributed by atoms with Gasteiger partial charge in [-0.05, 0) is 18.6 Å². The Morgan fingerprint density at radius 1 is 1.38 bits per heavy atom. The van der Waals surface area contributed by atoms with E-state index in [2.05, 4.69) is 30.1 Å². The van der Waals surface area contributed by atoms with Gasteiger partial charge >= 0.3 is 0 Å². The number of H-pyrrole nitrogens is 1. The van der Waals surface area contributed by atoms with Crippen LogP contribution < -0.4 is 0 Å². The lowest BCUT2D eigenvalue weighted by Gasteiger charge is -1.97. The van der Waals surface area contributed by atoms with E-state index in [0.717, 1.165) is 0 Å². The highest BCUT2D eigenvalue weighted by molar-refractivity contribution is 5.83. The fraction of sp³-hybridized carbons (Fsp3) is 0.273. The van der Waals surface area contributed by atoms with Gasteiger partial charge in [0, 0.05) is 29.8 Å². The van der Waals surface area contributed by atoms with Crippen LogP contribution >= 0.6 is 0 Å². The zero-order chi connectivity index (χ0) is 9.26. The van der Waals surface area contributed by atoms with Crippen LogP contribution in [0.4, 0.5) is 0 Å². The van der Waals surface area contributed by atoms with Crippen LogP contribution in [0.2, 0.25) is 0 Å². The minimum absolute atomic E-state index is 0.670. The molecule has 0 bridgehead atoms. The summed E-state index contributed by atoms with van der Waals surface area (Å²) >= 11 is 0. The molecule has 68 valence electrons. The molecule has 0 spiro atoms. The Bertz CT molecular complexity index is 417. The molecule has 0 unspecified atom stereocenters. The van der Waals surface area contributed by atoms with Crippen LogP contribution in [0.1, 0.15) is 11.1 Å². The maximum Gasteiger partial charge on any atom is 0.0733 e. The largest absolute Gasteiger partial charge is 0.380 e. The number of aromatic nitrogens is 1. The Balaban J connectivity index is 2.55. The molecule has 1 aromatic carbocycles. The predicted octanol–water partition coefficient (Wildman–Crippen LogP) is 2.62. The van der Waals surface area contributed by atoms with E-state index in [1.165, 1.54) is 22.0 Å². The quantitative estimate of drug-likeness (QED) is 0.745. The molecule has 2 heteroatoms. The summed E-state index contributed by atoms with van der Waals surface area (Å²) in [7, 11) is 1.72. The van der Waals surface area contributed by atoms with Crippen LogP contribution in [0.15, 0.2) is 24.4 Å². The van der Waals surface area contributed by atoms with Crippen LogP contribution in [0.5, 0.6) is 0 Å². The van der Waals surface area contributed by atoms with Crippen molar-refractivity contribution in [2.45, 2.75) is 13.5 Å². The second-order valence-corrected chi connectivity index (χ2v) is 3.30. The minimum atomic E-state index is 0.670. The normalized spacial score (nSPS) is 10.9. The van der Waals surface area contributed by atoms with Crippen molar-refractivity contribution in [1.82, 2.24) is 4.98 Å². The van der Waals surface area contributed by atoms with E-state index in [-0.39, 0.29) is 0 Å². The number of nitrogens with one attached hydrogen (secondary N) is 1. The van der Waals surface area contributed by atoms with Gasteiger partial charge in [-0.15, -0.1) is 0 Å². The molecule has 0 atom stereocenters. The predicted molar refractivity (Wildman–Crippen MR) is 53.7 cm³/mol. The van der Waals surface area contributed by atoms with Crippen molar-refractivity contribution in [2.24, 2.45) is 0 Å². The van der Waals surface area contributed by atoms with Gasteiger partial charge in [-0.3, -0.25) is 0 Å². The van der Waals surface area contributed by atoms with Gasteiger partial charge in [-0.2, -0.15) is 0 Å². The Kier molecular flexibility index (Phi) is 2.07. The number of fused-ring (bicyclic) bond motifs is 1. The van der Waals surface area contributed by atoms with E-state index >= 15 is 0 Å². The second kappa shape index (κ2) is 3.23. The average molecular weight is 175 g/mol. The van der Waals surface area contributed by atoms with Gasteiger partial charge in [0.05, 0.1) is 6.61 Å². The van der Waals surface area contributed by atoms with E-state index in [4.69, 9.17) is 4.74 Å². The summed E-state index contributed by atoms with van der Waals surface area (Å²) in [5.74, 6) is 0. The zero-order valence-corrected chi connectivity index (χ0v) is 7.92. The molecule has 0 aliphatic heterocycles. The number of hydrogen-bond acceptors (Lipinski definition) is 1. The van der Waals surface area contributed by atoms with E-state index in [1.54, 1.807) is 7.11 Å². The molecule has 1 heterocycles. The lowest BCUT2D eigenvalue weighted by molar-refractivity contribution is 0.186. The second-order valence-electron chi connectivity index (χ2n) is 3.30. The number of rotatable bonds is 2. The third kappa shape index (κ3) is 1.45. The molecule has 0 aliphatic carbocycles. The Morgan fingerprint density at radius 2 is 2.23 bits per heavy atom. The minimum Gasteiger partial charge on any atom is -0.380 e. The van der Waals surface area contributed by atoms with E-state index < -0.39 is 0 Å². The fourth-order valence-corrected chi connectivity index (χ4v) is 1.58. The molecule has 1 N–H and O–H groups in total. The first-order valence-electron chi connectivity index (χ1n) is 4.37. The summed E-state index contributed by atoms with van der Waals surface area (Å²) in [5, 5.41) is 1.26. The fourth-order valence-electron chi connectivity index (χ4n) is 1.58. The number of hydrogen-bond donors (Lipinski definition) is 1. The summed E-state index contributed by atoms with van der Waals surface area (Å²) < 4.78 is 5.10. The topological polar surface area (TPSA) is 25.0 Å². The van der Waals surface area contributed by atoms with Crippen LogP contribution in [0.25, 0.3) is 10.9 Å². The first-order chi connectivity index (χ1) is 6.31. The van der Waals surface area contributed by atoms with Crippen LogP contribution in [0.3, 0.4) is 0 Å². The van der Waals surface area contributed by atoms with Crippen LogP contribution in [0, 0.1) is 6.92 Å². The summed E-state index contributed by atoms with van der Waals surface area (Å²) in [4.78, 5) is 3.23. The van der Waals surface area contributed by atoms with E-state index in [1.807, 2.05) is 6.20 Å². The van der Waals surface area contributed by atoms with Gasteiger partial charge < -0.3 is 9.72 Å². The van der Waals surface area contributed by atoms with Gasteiger partial charge in [-0.25, -0.2) is 0 Å². The van der Waals surface area contributed by atoms with Crippen LogP contribution in [-0.4, -0.2) is 12.1 Å². The van der Waals surface area contributed by atoms with Crippen molar-refractivity contribution < 1.29 is 4.74 Å². The third-order valence-corrected chi connectivity index (χ3v) is 2.22. The van der Waals surface area contributed by atoms with E-state index in [9.17, 15) is 0 Å². The van der Waals surface area contributed by atoms with Gasteiger partial charge in [-0.1, -0.05) is 12.1 Å². The SMILES string of the molecule is COCc1c[nH]c2cc(C)ccc12. The Labute approximate surface area is 77.5 Å². The molecule has 2 nitrogen and oxygen atoms in total. The monoisotopic (exact) mass is 175 g/mol. The van der Waals surface area contributed by atoms with Gasteiger partial charge in [0.25, 0.3) is 0 Å². The highest BCUT2D eigenvalue weighted by Gasteiger charge is 2.01. The Hall–Kier alpha value is -1.28. The molecule has 0 saturated carbocycles. The molecule has 2 aromatic rings. The average Bonchev–Trinajstić information content (AvgIpc) is 2.49. The molecule has 0 aliphatic rings. The first kappa shape index (κ1) is 8.32. The van der Waals surface area contributed by atoms with Crippen molar-refractivity contribution >= 4 is 10.9 Å². The number of aromatic amines is 1. The maximum absolute atomic E-state index is 5.10. The van der Waals surface area contributed by atoms with Crippen molar-refractivity contribution in [1.29, 1.82) is 0 Å². The lowest BCUT2D eigenvalue weighted by Crippen LogP contribution is -1.84. The molecular formula is C11H13NO. The van der Waals surface area contributed by atoms with Gasteiger partial charge in [0.1, 0.15) is 0 Å². The van der Waals surface area contributed by atoms with Gasteiger partial charge in [0.2, 0.25) is 0 Å². The zero-order valence-electron chi connectivity index (χ0n) is 7.92. The van der Waals surface area contributed by atoms with Gasteiger partial charge in [0.15, 0.2) is 0 Å².